The van der Waals surface area contributed by atoms with Gasteiger partial charge in [-0.1, -0.05) is 66.5 Å². The fourth-order valence-corrected chi connectivity index (χ4v) is 9.45. The quantitative estimate of drug-likeness (QED) is 0.0458. The molecule has 0 unspecified atom stereocenters. The van der Waals surface area contributed by atoms with Gasteiger partial charge in [-0.25, -0.2) is 0 Å². The predicted octanol–water partition coefficient (Wildman–Crippen LogP) is 9.74. The van der Waals surface area contributed by atoms with Crippen molar-refractivity contribution >= 4 is 28.1 Å². The Morgan fingerprint density at radius 1 is 0.967 bits per heavy atom. The number of hydrogen-bond donors (Lipinski definition) is 2. The lowest BCUT2D eigenvalue weighted by molar-refractivity contribution is -0.384. The number of likely N-dealkylation sites (N-methyl/N-ethyl adjacent to an activating group) is 1. The number of nitro groups is 1. The lowest BCUT2D eigenvalue weighted by Crippen LogP contribution is -2.69. The summed E-state index contributed by atoms with van der Waals surface area (Å²) in [5.74, 6) is -0.989. The minimum absolute atomic E-state index is 0.00596. The van der Waals surface area contributed by atoms with E-state index < -0.39 is 28.3 Å². The largest absolute Gasteiger partial charge is 0.459 e. The Kier molecular flexibility index (Phi) is 13.3. The molecule has 0 spiro atoms. The number of nitro benzene ring substituents is 1. The number of nitrogens with zero attached hydrogens (tertiary/aromatic N) is 3. The van der Waals surface area contributed by atoms with E-state index in [-0.39, 0.29) is 55.6 Å². The highest BCUT2D eigenvalue weighted by Gasteiger charge is 2.65. The summed E-state index contributed by atoms with van der Waals surface area (Å²) in [4.78, 5) is 33.9. The number of hydrogen-bond acceptors (Lipinski definition) is 10. The molecule has 1 aliphatic heterocycles. The number of non-ortho nitro benzene ring substituents is 1. The fraction of sp³-hybridized carbons (Fsp3) is 0.429. The molecule has 322 valence electrons. The van der Waals surface area contributed by atoms with Gasteiger partial charge in [0.2, 0.25) is 5.79 Å². The van der Waals surface area contributed by atoms with E-state index in [0.29, 0.717) is 41.4 Å². The summed E-state index contributed by atoms with van der Waals surface area (Å²) in [6, 6.07) is 24.6. The number of aliphatic hydroxyl groups is 2. The average molecular weight is 832 g/mol. The first kappa shape index (κ1) is 43.5. The van der Waals surface area contributed by atoms with Gasteiger partial charge in [-0.05, 0) is 111 Å². The normalized spacial score (nSPS) is 23.6. The zero-order chi connectivity index (χ0) is 43.3. The van der Waals surface area contributed by atoms with Crippen molar-refractivity contribution in [3.05, 3.63) is 130 Å². The highest BCUT2D eigenvalue weighted by molar-refractivity contribution is 6.04. The van der Waals surface area contributed by atoms with Crippen LogP contribution >= 0.6 is 0 Å². The zero-order valence-corrected chi connectivity index (χ0v) is 35.5. The summed E-state index contributed by atoms with van der Waals surface area (Å²) in [6.45, 7) is 10.1. The van der Waals surface area contributed by atoms with Crippen molar-refractivity contribution < 1.29 is 39.0 Å². The Morgan fingerprint density at radius 3 is 2.43 bits per heavy atom. The van der Waals surface area contributed by atoms with Crippen LogP contribution in [0.15, 0.2) is 114 Å². The number of unbranched alkanes of at least 4 members (excludes halogenated alkanes) is 2. The predicted molar refractivity (Wildman–Crippen MR) is 235 cm³/mol. The summed E-state index contributed by atoms with van der Waals surface area (Å²) in [7, 11) is 1.79. The van der Waals surface area contributed by atoms with Gasteiger partial charge < -0.3 is 34.2 Å². The molecule has 61 heavy (non-hydrogen) atoms. The van der Waals surface area contributed by atoms with Gasteiger partial charge in [0.15, 0.2) is 0 Å². The zero-order valence-electron chi connectivity index (χ0n) is 35.5. The maximum atomic E-state index is 14.8. The number of aliphatic hydroxyl groups excluding tert-OH is 2. The van der Waals surface area contributed by atoms with Gasteiger partial charge >= 0.3 is 0 Å². The summed E-state index contributed by atoms with van der Waals surface area (Å²) < 4.78 is 20.7. The number of benzene rings is 4. The number of rotatable bonds is 17. The summed E-state index contributed by atoms with van der Waals surface area (Å²) in [6.07, 6.45) is 8.67. The molecule has 0 radical (unpaired) electrons. The molecule has 1 heterocycles. The molecule has 1 fully saturated rings. The van der Waals surface area contributed by atoms with E-state index in [4.69, 9.17) is 24.2 Å². The van der Waals surface area contributed by atoms with Crippen molar-refractivity contribution in [3.8, 4) is 17.2 Å². The molecule has 0 aromatic heterocycles. The van der Waals surface area contributed by atoms with Gasteiger partial charge in [0.25, 0.3) is 11.6 Å². The highest BCUT2D eigenvalue weighted by Crippen LogP contribution is 2.62. The molecule has 12 heteroatoms. The summed E-state index contributed by atoms with van der Waals surface area (Å²) in [5.41, 5.74) is 2.32. The Labute approximate surface area is 357 Å². The van der Waals surface area contributed by atoms with Crippen LogP contribution in [0.2, 0.25) is 0 Å². The van der Waals surface area contributed by atoms with Crippen molar-refractivity contribution in [2.45, 2.75) is 89.1 Å². The maximum absolute atomic E-state index is 14.8. The number of allylic oxidation sites excluding steroid dienone is 1. The summed E-state index contributed by atoms with van der Waals surface area (Å²) >= 11 is 0. The number of amides is 1. The second kappa shape index (κ2) is 18.6. The van der Waals surface area contributed by atoms with Gasteiger partial charge in [0.05, 0.1) is 29.2 Å². The van der Waals surface area contributed by atoms with E-state index in [9.17, 15) is 25.1 Å². The lowest BCUT2D eigenvalue weighted by atomic mass is 9.55. The highest BCUT2D eigenvalue weighted by atomic mass is 16.7. The topological polar surface area (TPSA) is 153 Å². The standard InChI is InChI=1S/C49H57N3O9/c1-6-26-58-49-44(51(5)47(55)35-21-20-32-14-7-8-15-33(32)27-35)31-42(50-61-48(2,3)4)40-28-34(16-9-11-24-53)39(19-10-12-25-54)45(46(40)49)41-30-38(22-23-43(41)60-49)59-37-18-13-17-36(29-37)52(56)57/h6-8,13-15,17-18,20-23,27-30,34,39,44-46,53-54H,1,9-12,16,19,24-26,31H2,2-5H3/t34-,39+,44-,45+,46+,49+/m0/s1. The van der Waals surface area contributed by atoms with E-state index >= 15 is 0 Å². The minimum Gasteiger partial charge on any atom is -0.459 e. The minimum atomic E-state index is -1.42. The molecule has 0 bridgehead atoms. The number of ether oxygens (including phenoxy) is 3. The Morgan fingerprint density at radius 2 is 1.70 bits per heavy atom. The van der Waals surface area contributed by atoms with Crippen LogP contribution in [0, 0.1) is 27.9 Å². The molecule has 3 aliphatic rings. The number of carbonyl (C=O) groups is 1. The molecule has 2 aliphatic carbocycles. The molecule has 4 aromatic rings. The van der Waals surface area contributed by atoms with Gasteiger partial charge in [0, 0.05) is 49.8 Å². The second-order valence-corrected chi connectivity index (χ2v) is 17.3. The Balaban J connectivity index is 1.43. The molecule has 7 rings (SSSR count). The van der Waals surface area contributed by atoms with Crippen molar-refractivity contribution in [2.75, 3.05) is 26.9 Å². The van der Waals surface area contributed by atoms with Crippen LogP contribution in [0.5, 0.6) is 17.2 Å². The second-order valence-electron chi connectivity index (χ2n) is 17.3. The Bertz CT molecular complexity index is 2300. The number of fused-ring (bicyclic) bond motifs is 3. The van der Waals surface area contributed by atoms with E-state index in [0.717, 1.165) is 47.6 Å². The van der Waals surface area contributed by atoms with Gasteiger partial charge in [-0.2, -0.15) is 0 Å². The molecule has 2 N–H and O–H groups in total. The van der Waals surface area contributed by atoms with Crippen LogP contribution in [0.3, 0.4) is 0 Å². The first-order chi connectivity index (χ1) is 29.4. The molecule has 0 saturated heterocycles. The smallest absolute Gasteiger partial charge is 0.273 e. The molecule has 1 saturated carbocycles. The van der Waals surface area contributed by atoms with E-state index in [1.54, 1.807) is 36.2 Å². The van der Waals surface area contributed by atoms with Crippen LogP contribution in [0.25, 0.3) is 10.8 Å². The van der Waals surface area contributed by atoms with Crippen molar-refractivity contribution in [2.24, 2.45) is 22.9 Å². The molecule has 1 amide bonds. The molecule has 6 atom stereocenters. The Hall–Kier alpha value is -5.56. The van der Waals surface area contributed by atoms with E-state index in [1.807, 2.05) is 75.4 Å². The van der Waals surface area contributed by atoms with Crippen LogP contribution in [0.1, 0.15) is 87.6 Å². The molecule has 4 aromatic carbocycles. The summed E-state index contributed by atoms with van der Waals surface area (Å²) in [5, 5.41) is 38.3. The molecular formula is C49H57N3O9. The maximum Gasteiger partial charge on any atom is 0.273 e. The van der Waals surface area contributed by atoms with Crippen molar-refractivity contribution in [1.29, 1.82) is 0 Å². The van der Waals surface area contributed by atoms with Gasteiger partial charge in [0.1, 0.15) is 28.9 Å². The van der Waals surface area contributed by atoms with Crippen molar-refractivity contribution in [3.63, 3.8) is 0 Å². The van der Waals surface area contributed by atoms with Crippen molar-refractivity contribution in [1.82, 2.24) is 4.90 Å². The van der Waals surface area contributed by atoms with Gasteiger partial charge in [-0.15, -0.1) is 6.58 Å². The molecule has 12 nitrogen and oxygen atoms in total. The van der Waals surface area contributed by atoms with Crippen LogP contribution in [0.4, 0.5) is 5.69 Å². The third-order valence-corrected chi connectivity index (χ3v) is 12.1. The first-order valence-corrected chi connectivity index (χ1v) is 21.3. The molecular weight excluding hydrogens is 775 g/mol. The third-order valence-electron chi connectivity index (χ3n) is 12.1. The van der Waals surface area contributed by atoms with E-state index in [2.05, 4.69) is 12.7 Å². The van der Waals surface area contributed by atoms with Crippen LogP contribution < -0.4 is 9.47 Å². The third kappa shape index (κ3) is 9.22. The lowest BCUT2D eigenvalue weighted by Gasteiger charge is -2.59. The SMILES string of the molecule is C=CCO[C@@]12Oc3ccc(Oc4cccc([N+](=O)[O-])c4)cc3[C@H]3[C@H](CCCCO)[C@@H](CCCCO)C=C(C(=NOC(C)(C)C)C[C@@H]1N(C)C(=O)c1ccc4ccccc4c1)[C@H]32. The number of oxime groups is 1. The van der Waals surface area contributed by atoms with E-state index in [1.165, 1.54) is 12.1 Å². The van der Waals surface area contributed by atoms with Gasteiger partial charge in [-0.3, -0.25) is 14.9 Å². The average Bonchev–Trinajstić information content (AvgIpc) is 3.25. The monoisotopic (exact) mass is 831 g/mol. The first-order valence-electron chi connectivity index (χ1n) is 21.3. The number of carbonyl (C=O) groups excluding carboxylic acids is 1. The van der Waals surface area contributed by atoms with Crippen LogP contribution in [-0.2, 0) is 9.57 Å². The fourth-order valence-electron chi connectivity index (χ4n) is 9.45. The van der Waals surface area contributed by atoms with Crippen LogP contribution in [-0.4, -0.2) is 76.0 Å².